The first kappa shape index (κ1) is 15.7. The lowest BCUT2D eigenvalue weighted by Gasteiger charge is -2.27. The van der Waals surface area contributed by atoms with E-state index >= 15 is 0 Å². The first-order chi connectivity index (χ1) is 8.59. The van der Waals surface area contributed by atoms with Crippen LogP contribution in [0.3, 0.4) is 0 Å². The average Bonchev–Trinajstić information content (AvgIpc) is 2.38. The molecule has 2 rings (SSSR count). The molecule has 1 aliphatic heterocycles. The van der Waals surface area contributed by atoms with Gasteiger partial charge in [0.15, 0.2) is 0 Å². The molecule has 1 aromatic carbocycles. The van der Waals surface area contributed by atoms with Gasteiger partial charge >= 0.3 is 0 Å². The number of nitrogens with two attached hydrogens (primary N) is 1. The van der Waals surface area contributed by atoms with E-state index in [1.165, 1.54) is 18.2 Å². The number of benzene rings is 1. The van der Waals surface area contributed by atoms with E-state index in [2.05, 4.69) is 0 Å². The summed E-state index contributed by atoms with van der Waals surface area (Å²) in [7, 11) is 0. The Bertz CT molecular complexity index is 449. The molecule has 106 valence electrons. The fraction of sp³-hybridized carbons (Fsp3) is 0.500. The van der Waals surface area contributed by atoms with E-state index in [0.717, 1.165) is 12.8 Å². The van der Waals surface area contributed by atoms with Crippen LogP contribution < -0.4 is 5.73 Å². The van der Waals surface area contributed by atoms with Crippen LogP contribution in [0, 0.1) is 16.0 Å². The van der Waals surface area contributed by atoms with Crippen LogP contribution in [0.2, 0.25) is 0 Å². The van der Waals surface area contributed by atoms with Gasteiger partial charge in [0.2, 0.25) is 0 Å². The van der Waals surface area contributed by atoms with Crippen LogP contribution in [0.5, 0.6) is 5.75 Å². The molecule has 3 N–H and O–H groups in total. The number of rotatable bonds is 3. The molecular weight excluding hydrogens is 272 g/mol. The third kappa shape index (κ3) is 3.56. The first-order valence-corrected chi connectivity index (χ1v) is 5.90. The predicted octanol–water partition coefficient (Wildman–Crippen LogP) is 2.15. The first-order valence-electron chi connectivity index (χ1n) is 5.90. The lowest BCUT2D eigenvalue weighted by Crippen LogP contribution is -2.28. The van der Waals surface area contributed by atoms with Crippen molar-refractivity contribution in [3.05, 3.63) is 33.9 Å². The summed E-state index contributed by atoms with van der Waals surface area (Å²) in [6.45, 7) is 1.26. The molecular formula is C12H17ClN2O4. The van der Waals surface area contributed by atoms with Crippen LogP contribution in [-0.4, -0.2) is 23.2 Å². The van der Waals surface area contributed by atoms with Crippen molar-refractivity contribution in [2.45, 2.75) is 18.9 Å². The minimum Gasteiger partial charge on any atom is -0.508 e. The molecule has 0 saturated carbocycles. The smallest absolute Gasteiger partial charge is 0.274 e. The SMILES string of the molecule is Cl.N[C@@H](c1cc(O)ccc1[N+](=O)[O-])C1CCOCC1. The van der Waals surface area contributed by atoms with E-state index in [9.17, 15) is 15.2 Å². The highest BCUT2D eigenvalue weighted by molar-refractivity contribution is 5.85. The van der Waals surface area contributed by atoms with E-state index < -0.39 is 11.0 Å². The van der Waals surface area contributed by atoms with E-state index in [4.69, 9.17) is 10.5 Å². The summed E-state index contributed by atoms with van der Waals surface area (Å²) in [5, 5.41) is 20.4. The molecule has 0 spiro atoms. The number of hydrogen-bond donors (Lipinski definition) is 2. The van der Waals surface area contributed by atoms with Gasteiger partial charge in [-0.15, -0.1) is 12.4 Å². The Morgan fingerprint density at radius 1 is 1.42 bits per heavy atom. The molecule has 1 aliphatic rings. The molecule has 1 heterocycles. The van der Waals surface area contributed by atoms with E-state index in [1.807, 2.05) is 0 Å². The molecule has 1 atom stereocenters. The molecule has 0 unspecified atom stereocenters. The summed E-state index contributed by atoms with van der Waals surface area (Å²) < 4.78 is 5.25. The van der Waals surface area contributed by atoms with Crippen molar-refractivity contribution in [1.82, 2.24) is 0 Å². The molecule has 1 aromatic rings. The van der Waals surface area contributed by atoms with Gasteiger partial charge < -0.3 is 15.6 Å². The summed E-state index contributed by atoms with van der Waals surface area (Å²) in [5.41, 5.74) is 6.47. The third-order valence-electron chi connectivity index (χ3n) is 3.34. The average molecular weight is 289 g/mol. The molecule has 0 radical (unpaired) electrons. The van der Waals surface area contributed by atoms with Crippen molar-refractivity contribution in [2.75, 3.05) is 13.2 Å². The van der Waals surface area contributed by atoms with Gasteiger partial charge in [0.1, 0.15) is 5.75 Å². The predicted molar refractivity (Wildman–Crippen MR) is 72.5 cm³/mol. The minimum absolute atomic E-state index is 0. The fourth-order valence-corrected chi connectivity index (χ4v) is 2.30. The Balaban J connectivity index is 0.00000180. The topological polar surface area (TPSA) is 98.6 Å². The van der Waals surface area contributed by atoms with Gasteiger partial charge in [-0.2, -0.15) is 0 Å². The summed E-state index contributed by atoms with van der Waals surface area (Å²) in [6, 6.07) is 3.54. The van der Waals surface area contributed by atoms with Crippen LogP contribution in [0.4, 0.5) is 5.69 Å². The zero-order valence-electron chi connectivity index (χ0n) is 10.3. The van der Waals surface area contributed by atoms with Crippen molar-refractivity contribution >= 4 is 18.1 Å². The number of ether oxygens (including phenoxy) is 1. The number of halogens is 1. The maximum absolute atomic E-state index is 11.0. The molecule has 0 aromatic heterocycles. The van der Waals surface area contributed by atoms with Crippen LogP contribution >= 0.6 is 12.4 Å². The maximum atomic E-state index is 11.0. The third-order valence-corrected chi connectivity index (χ3v) is 3.34. The van der Waals surface area contributed by atoms with Crippen molar-refractivity contribution in [1.29, 1.82) is 0 Å². The van der Waals surface area contributed by atoms with Crippen LogP contribution in [-0.2, 0) is 4.74 Å². The molecule has 1 saturated heterocycles. The zero-order valence-corrected chi connectivity index (χ0v) is 11.1. The second-order valence-electron chi connectivity index (χ2n) is 4.48. The van der Waals surface area contributed by atoms with E-state index in [1.54, 1.807) is 0 Å². The Labute approximate surface area is 117 Å². The highest BCUT2D eigenvalue weighted by Crippen LogP contribution is 2.34. The summed E-state index contributed by atoms with van der Waals surface area (Å²) in [4.78, 5) is 10.5. The largest absolute Gasteiger partial charge is 0.508 e. The Morgan fingerprint density at radius 2 is 2.05 bits per heavy atom. The molecule has 6 nitrogen and oxygen atoms in total. The molecule has 0 amide bonds. The second kappa shape index (κ2) is 6.70. The zero-order chi connectivity index (χ0) is 13.1. The number of phenolic OH excluding ortho intramolecular Hbond substituents is 1. The Kier molecular flexibility index (Phi) is 5.53. The fourth-order valence-electron chi connectivity index (χ4n) is 2.30. The Morgan fingerprint density at radius 3 is 2.63 bits per heavy atom. The van der Waals surface area contributed by atoms with Gasteiger partial charge in [0.25, 0.3) is 5.69 Å². The van der Waals surface area contributed by atoms with Gasteiger partial charge in [0.05, 0.1) is 10.5 Å². The van der Waals surface area contributed by atoms with Crippen LogP contribution in [0.15, 0.2) is 18.2 Å². The highest BCUT2D eigenvalue weighted by atomic mass is 35.5. The van der Waals surface area contributed by atoms with Crippen LogP contribution in [0.1, 0.15) is 24.4 Å². The normalized spacial score (nSPS) is 17.5. The number of nitro groups is 1. The van der Waals surface area contributed by atoms with Gasteiger partial charge in [0, 0.05) is 25.3 Å². The maximum Gasteiger partial charge on any atom is 0.274 e. The number of nitro benzene ring substituents is 1. The lowest BCUT2D eigenvalue weighted by molar-refractivity contribution is -0.385. The van der Waals surface area contributed by atoms with Crippen molar-refractivity contribution in [2.24, 2.45) is 11.7 Å². The second-order valence-corrected chi connectivity index (χ2v) is 4.48. The number of aromatic hydroxyl groups is 1. The van der Waals surface area contributed by atoms with Gasteiger partial charge in [-0.25, -0.2) is 0 Å². The molecule has 0 aliphatic carbocycles. The van der Waals surface area contributed by atoms with Gasteiger partial charge in [-0.3, -0.25) is 10.1 Å². The van der Waals surface area contributed by atoms with Gasteiger partial charge in [-0.05, 0) is 30.9 Å². The highest BCUT2D eigenvalue weighted by Gasteiger charge is 2.28. The summed E-state index contributed by atoms with van der Waals surface area (Å²) >= 11 is 0. The van der Waals surface area contributed by atoms with E-state index in [0.29, 0.717) is 18.8 Å². The Hall–Kier alpha value is -1.37. The summed E-state index contributed by atoms with van der Waals surface area (Å²) in [6.07, 6.45) is 1.57. The monoisotopic (exact) mass is 288 g/mol. The quantitative estimate of drug-likeness (QED) is 0.656. The van der Waals surface area contributed by atoms with Crippen LogP contribution in [0.25, 0.3) is 0 Å². The van der Waals surface area contributed by atoms with Crippen molar-refractivity contribution in [3.63, 3.8) is 0 Å². The minimum atomic E-state index is -0.464. The molecule has 0 bridgehead atoms. The number of nitrogens with zero attached hydrogens (tertiary/aromatic N) is 1. The molecule has 1 fully saturated rings. The molecule has 19 heavy (non-hydrogen) atoms. The number of hydrogen-bond acceptors (Lipinski definition) is 5. The van der Waals surface area contributed by atoms with Crippen molar-refractivity contribution in [3.8, 4) is 5.75 Å². The molecule has 7 heteroatoms. The van der Waals surface area contributed by atoms with E-state index in [-0.39, 0.29) is 29.8 Å². The van der Waals surface area contributed by atoms with Gasteiger partial charge in [-0.1, -0.05) is 0 Å². The number of phenols is 1. The van der Waals surface area contributed by atoms with Crippen molar-refractivity contribution < 1.29 is 14.8 Å². The standard InChI is InChI=1S/C12H16N2O4.ClH/c13-12(8-3-5-18-6-4-8)10-7-9(15)1-2-11(10)14(16)17;/h1-2,7-8,12,15H,3-6,13H2;1H/t12-;/m1./s1. The summed E-state index contributed by atoms with van der Waals surface area (Å²) in [5.74, 6) is 0.150. The lowest BCUT2D eigenvalue weighted by atomic mass is 9.87.